The molecule has 2 heterocycles. The van der Waals surface area contributed by atoms with Gasteiger partial charge < -0.3 is 15.1 Å². The average Bonchev–Trinajstić information content (AvgIpc) is 2.69. The van der Waals surface area contributed by atoms with Crippen LogP contribution in [0.1, 0.15) is 47.8 Å². The Morgan fingerprint density at radius 2 is 2.21 bits per heavy atom. The van der Waals surface area contributed by atoms with E-state index in [1.165, 1.54) is 6.42 Å². The summed E-state index contributed by atoms with van der Waals surface area (Å²) in [7, 11) is 0. The number of rotatable bonds is 3. The first-order valence-electron chi connectivity index (χ1n) is 6.58. The number of carbonyl (C=O) groups excluding carboxylic acids is 1. The van der Waals surface area contributed by atoms with Crippen LogP contribution in [0.4, 0.5) is 0 Å². The molecule has 1 aliphatic heterocycles. The number of hydrogen-bond donors (Lipinski definition) is 1. The predicted octanol–water partition coefficient (Wildman–Crippen LogP) is 2.06. The smallest absolute Gasteiger partial charge is 0.291 e. The van der Waals surface area contributed by atoms with E-state index < -0.39 is 0 Å². The highest BCUT2D eigenvalue weighted by Gasteiger charge is 2.30. The molecule has 6 heteroatoms. The average molecular weight is 288 g/mol. The Kier molecular flexibility index (Phi) is 5.82. The second kappa shape index (κ2) is 6.91. The molecule has 0 bridgehead atoms. The molecule has 1 aromatic heterocycles. The molecule has 1 fully saturated rings. The number of hydrogen-bond acceptors (Lipinski definition) is 4. The number of oxazole rings is 1. The zero-order chi connectivity index (χ0) is 13.1. The Labute approximate surface area is 120 Å². The molecule has 2 rings (SSSR count). The van der Waals surface area contributed by atoms with Crippen molar-refractivity contribution in [1.82, 2.24) is 9.88 Å². The van der Waals surface area contributed by atoms with Crippen LogP contribution in [0.2, 0.25) is 0 Å². The molecule has 2 N–H and O–H groups in total. The minimum Gasteiger partial charge on any atom is -0.436 e. The first-order chi connectivity index (χ1) is 8.63. The molecule has 0 aliphatic carbocycles. The number of amides is 1. The van der Waals surface area contributed by atoms with E-state index >= 15 is 0 Å². The van der Waals surface area contributed by atoms with Gasteiger partial charge in [-0.2, -0.15) is 0 Å². The first-order valence-corrected chi connectivity index (χ1v) is 6.58. The third kappa shape index (κ3) is 3.48. The number of nitrogens with two attached hydrogens (primary N) is 1. The van der Waals surface area contributed by atoms with Crippen molar-refractivity contribution in [2.24, 2.45) is 5.73 Å². The molecule has 0 aromatic carbocycles. The second-order valence-electron chi connectivity index (χ2n) is 4.87. The molecular weight excluding hydrogens is 266 g/mol. The van der Waals surface area contributed by atoms with Gasteiger partial charge in [0.25, 0.3) is 5.91 Å². The summed E-state index contributed by atoms with van der Waals surface area (Å²) in [4.78, 5) is 18.5. The van der Waals surface area contributed by atoms with E-state index in [4.69, 9.17) is 10.2 Å². The molecule has 0 saturated carbocycles. The van der Waals surface area contributed by atoms with Crippen molar-refractivity contribution in [2.75, 3.05) is 13.1 Å². The lowest BCUT2D eigenvalue weighted by Gasteiger charge is -2.35. The third-order valence-corrected chi connectivity index (χ3v) is 3.49. The van der Waals surface area contributed by atoms with Crippen molar-refractivity contribution >= 4 is 18.3 Å². The van der Waals surface area contributed by atoms with Crippen LogP contribution in [-0.4, -0.2) is 34.9 Å². The number of aryl methyl sites for hydroxylation is 2. The van der Waals surface area contributed by atoms with Gasteiger partial charge in [0, 0.05) is 19.5 Å². The SMILES string of the molecule is Cc1nc(C)c(C(=O)N2CCCCC2CCN)o1.Cl. The molecule has 1 aliphatic rings. The largest absolute Gasteiger partial charge is 0.436 e. The molecule has 1 unspecified atom stereocenters. The fourth-order valence-corrected chi connectivity index (χ4v) is 2.62. The van der Waals surface area contributed by atoms with Gasteiger partial charge in [0.15, 0.2) is 5.89 Å². The van der Waals surface area contributed by atoms with Crippen LogP contribution in [0.15, 0.2) is 4.42 Å². The highest BCUT2D eigenvalue weighted by Crippen LogP contribution is 2.23. The van der Waals surface area contributed by atoms with Gasteiger partial charge in [0.1, 0.15) is 0 Å². The number of piperidine rings is 1. The summed E-state index contributed by atoms with van der Waals surface area (Å²) in [6.07, 6.45) is 4.12. The summed E-state index contributed by atoms with van der Waals surface area (Å²) in [5.41, 5.74) is 6.30. The lowest BCUT2D eigenvalue weighted by molar-refractivity contribution is 0.0570. The van der Waals surface area contributed by atoms with Gasteiger partial charge in [-0.25, -0.2) is 4.98 Å². The monoisotopic (exact) mass is 287 g/mol. The molecule has 0 spiro atoms. The maximum atomic E-state index is 12.5. The molecule has 5 nitrogen and oxygen atoms in total. The summed E-state index contributed by atoms with van der Waals surface area (Å²) in [6.45, 7) is 4.98. The van der Waals surface area contributed by atoms with Gasteiger partial charge >= 0.3 is 0 Å². The van der Waals surface area contributed by atoms with Gasteiger partial charge in [0.05, 0.1) is 5.69 Å². The van der Waals surface area contributed by atoms with Gasteiger partial charge in [-0.05, 0) is 39.2 Å². The van der Waals surface area contributed by atoms with Crippen LogP contribution in [-0.2, 0) is 0 Å². The fourth-order valence-electron chi connectivity index (χ4n) is 2.62. The number of halogens is 1. The topological polar surface area (TPSA) is 72.4 Å². The lowest BCUT2D eigenvalue weighted by atomic mass is 9.99. The van der Waals surface area contributed by atoms with Crippen LogP contribution in [0.3, 0.4) is 0 Å². The predicted molar refractivity (Wildman–Crippen MR) is 75.6 cm³/mol. The zero-order valence-corrected chi connectivity index (χ0v) is 12.3. The number of aromatic nitrogens is 1. The van der Waals surface area contributed by atoms with Crippen molar-refractivity contribution in [3.8, 4) is 0 Å². The maximum absolute atomic E-state index is 12.5. The second-order valence-corrected chi connectivity index (χ2v) is 4.87. The van der Waals surface area contributed by atoms with E-state index in [0.717, 1.165) is 25.8 Å². The standard InChI is InChI=1S/C13H21N3O2.ClH/c1-9-12(18-10(2)15-9)13(17)16-8-4-3-5-11(16)6-7-14;/h11H,3-8,14H2,1-2H3;1H. The van der Waals surface area contributed by atoms with Crippen LogP contribution in [0, 0.1) is 13.8 Å². The van der Waals surface area contributed by atoms with Crippen LogP contribution < -0.4 is 5.73 Å². The normalized spacial score (nSPS) is 19.1. The Morgan fingerprint density at radius 1 is 1.47 bits per heavy atom. The molecule has 1 atom stereocenters. The van der Waals surface area contributed by atoms with Crippen molar-refractivity contribution in [3.05, 3.63) is 17.3 Å². The Balaban J connectivity index is 0.00000180. The zero-order valence-electron chi connectivity index (χ0n) is 11.5. The third-order valence-electron chi connectivity index (χ3n) is 3.49. The Hall–Kier alpha value is -1.07. The van der Waals surface area contributed by atoms with Crippen molar-refractivity contribution in [3.63, 3.8) is 0 Å². The van der Waals surface area contributed by atoms with Crippen LogP contribution >= 0.6 is 12.4 Å². The minimum atomic E-state index is -0.0359. The van der Waals surface area contributed by atoms with Gasteiger partial charge in [0.2, 0.25) is 5.76 Å². The summed E-state index contributed by atoms with van der Waals surface area (Å²) < 4.78 is 5.42. The van der Waals surface area contributed by atoms with E-state index in [1.54, 1.807) is 6.92 Å². The summed E-state index contributed by atoms with van der Waals surface area (Å²) in [5, 5.41) is 0. The van der Waals surface area contributed by atoms with Gasteiger partial charge in [-0.1, -0.05) is 0 Å². The van der Waals surface area contributed by atoms with Crippen LogP contribution in [0.5, 0.6) is 0 Å². The van der Waals surface area contributed by atoms with E-state index in [9.17, 15) is 4.79 Å². The Morgan fingerprint density at radius 3 is 2.79 bits per heavy atom. The van der Waals surface area contributed by atoms with Crippen molar-refractivity contribution < 1.29 is 9.21 Å². The highest BCUT2D eigenvalue weighted by atomic mass is 35.5. The van der Waals surface area contributed by atoms with Crippen LogP contribution in [0.25, 0.3) is 0 Å². The molecule has 108 valence electrons. The highest BCUT2D eigenvalue weighted by molar-refractivity contribution is 5.92. The summed E-state index contributed by atoms with van der Waals surface area (Å²) in [5.74, 6) is 0.894. The molecule has 0 radical (unpaired) electrons. The number of likely N-dealkylation sites (tertiary alicyclic amines) is 1. The number of nitrogens with zero attached hydrogens (tertiary/aromatic N) is 2. The first kappa shape index (κ1) is 16.0. The van der Waals surface area contributed by atoms with E-state index in [-0.39, 0.29) is 24.4 Å². The maximum Gasteiger partial charge on any atom is 0.291 e. The van der Waals surface area contributed by atoms with Gasteiger partial charge in [-0.3, -0.25) is 4.79 Å². The molecule has 19 heavy (non-hydrogen) atoms. The molecule has 1 saturated heterocycles. The molecule has 1 aromatic rings. The van der Waals surface area contributed by atoms with E-state index in [0.29, 0.717) is 23.9 Å². The molecular formula is C13H22ClN3O2. The Bertz CT molecular complexity index is 432. The quantitative estimate of drug-likeness (QED) is 0.923. The molecule has 1 amide bonds. The lowest BCUT2D eigenvalue weighted by Crippen LogP contribution is -2.44. The number of carbonyl (C=O) groups is 1. The summed E-state index contributed by atoms with van der Waals surface area (Å²) >= 11 is 0. The van der Waals surface area contributed by atoms with E-state index in [1.807, 2.05) is 11.8 Å². The fraction of sp³-hybridized carbons (Fsp3) is 0.692. The van der Waals surface area contributed by atoms with E-state index in [2.05, 4.69) is 4.98 Å². The van der Waals surface area contributed by atoms with Gasteiger partial charge in [-0.15, -0.1) is 12.4 Å². The van der Waals surface area contributed by atoms with Crippen molar-refractivity contribution in [2.45, 2.75) is 45.6 Å². The van der Waals surface area contributed by atoms with Crippen molar-refractivity contribution in [1.29, 1.82) is 0 Å². The minimum absolute atomic E-state index is 0. The summed E-state index contributed by atoms with van der Waals surface area (Å²) in [6, 6.07) is 0.251.